The Labute approximate surface area is 231 Å². The number of hydrogen-bond donors (Lipinski definition) is 1. The average molecular weight is 548 g/mol. The number of esters is 1. The van der Waals surface area contributed by atoms with Crippen molar-refractivity contribution < 1.29 is 33.7 Å². The number of allylic oxidation sites excluding steroid dienone is 1. The molecule has 218 valence electrons. The number of hydrogen-bond acceptors (Lipinski definition) is 8. The van der Waals surface area contributed by atoms with Crippen molar-refractivity contribution in [1.82, 2.24) is 14.7 Å². The summed E-state index contributed by atoms with van der Waals surface area (Å²) < 4.78 is 17.6. The van der Waals surface area contributed by atoms with Crippen molar-refractivity contribution in [2.75, 3.05) is 59.2 Å². The number of morpholine rings is 1. The van der Waals surface area contributed by atoms with E-state index in [4.69, 9.17) is 14.2 Å². The summed E-state index contributed by atoms with van der Waals surface area (Å²) in [7, 11) is 0. The fraction of sp³-hybridized carbons (Fsp3) is 0.759. The number of ether oxygens (including phenoxy) is 3. The molecule has 4 aliphatic heterocycles. The number of aliphatic hydroxyl groups is 1. The summed E-state index contributed by atoms with van der Waals surface area (Å²) in [5, 5.41) is 10.2. The Balaban J connectivity index is 1.58. The molecule has 4 saturated heterocycles. The maximum atomic E-state index is 14.3. The minimum absolute atomic E-state index is 0.218. The van der Waals surface area contributed by atoms with Crippen LogP contribution in [0.1, 0.15) is 45.4 Å². The zero-order valence-corrected chi connectivity index (χ0v) is 23.3. The normalized spacial score (nSPS) is 30.7. The van der Waals surface area contributed by atoms with Crippen molar-refractivity contribution >= 4 is 17.8 Å². The first-order valence-corrected chi connectivity index (χ1v) is 14.5. The summed E-state index contributed by atoms with van der Waals surface area (Å²) in [6, 6.07) is -1.46. The minimum atomic E-state index is -1.10. The standard InChI is InChI=1S/C29H45N3O7/c1-4-7-8-9-17-38-28(36)23-22-10-11-29(39-22)24(23)26(34)32(21(6-3)20-33)25(29)27(35)31(12-5-2)14-13-30-15-18-37-19-16-30/h4-5,21-25,33H,1-2,6-20H2,3H3/t21-,22+,23-,24-,25?,29?/m0/s1. The summed E-state index contributed by atoms with van der Waals surface area (Å²) >= 11 is 0. The molecule has 10 nitrogen and oxygen atoms in total. The smallest absolute Gasteiger partial charge is 0.312 e. The van der Waals surface area contributed by atoms with Crippen LogP contribution in [0.4, 0.5) is 0 Å². The third kappa shape index (κ3) is 5.80. The highest BCUT2D eigenvalue weighted by atomic mass is 16.6. The monoisotopic (exact) mass is 547 g/mol. The van der Waals surface area contributed by atoms with Crippen LogP contribution < -0.4 is 0 Å². The van der Waals surface area contributed by atoms with Crippen molar-refractivity contribution in [2.45, 2.75) is 69.2 Å². The van der Waals surface area contributed by atoms with Crippen LogP contribution in [0.2, 0.25) is 0 Å². The number of carbonyl (C=O) groups excluding carboxylic acids is 3. The molecule has 4 fully saturated rings. The molecule has 4 rings (SSSR count). The van der Waals surface area contributed by atoms with Gasteiger partial charge in [0, 0.05) is 32.7 Å². The zero-order chi connectivity index (χ0) is 28.0. The first-order chi connectivity index (χ1) is 18.9. The molecular formula is C29H45N3O7. The largest absolute Gasteiger partial charge is 0.465 e. The number of carbonyl (C=O) groups is 3. The number of aliphatic hydroxyl groups excluding tert-OH is 1. The number of fused-ring (bicyclic) bond motifs is 1. The van der Waals surface area contributed by atoms with Crippen molar-refractivity contribution in [3.8, 4) is 0 Å². The van der Waals surface area contributed by atoms with Crippen LogP contribution in [-0.4, -0.2) is 121 Å². The third-order valence-corrected chi connectivity index (χ3v) is 8.82. The molecule has 1 spiro atoms. The van der Waals surface area contributed by atoms with Crippen LogP contribution in [-0.2, 0) is 28.6 Å². The SMILES string of the molecule is C=CCCCCOC(=O)[C@@H]1[C@H]2C(=O)N([C@@H](CC)CO)C(C(=O)N(CC=C)CCN3CCOCC3)C23CC[C@H]1O3. The van der Waals surface area contributed by atoms with E-state index in [9.17, 15) is 19.5 Å². The Bertz CT molecular complexity index is 903. The van der Waals surface area contributed by atoms with Gasteiger partial charge in [0.05, 0.1) is 50.4 Å². The molecular weight excluding hydrogens is 502 g/mol. The molecule has 2 unspecified atom stereocenters. The van der Waals surface area contributed by atoms with Gasteiger partial charge in [0.25, 0.3) is 0 Å². The first kappa shape index (κ1) is 29.7. The lowest BCUT2D eigenvalue weighted by Gasteiger charge is -2.39. The van der Waals surface area contributed by atoms with Gasteiger partial charge in [-0.05, 0) is 38.5 Å². The Morgan fingerprint density at radius 1 is 1.26 bits per heavy atom. The highest BCUT2D eigenvalue weighted by Gasteiger charge is 2.75. The van der Waals surface area contributed by atoms with Gasteiger partial charge in [-0.15, -0.1) is 13.2 Å². The molecule has 0 aromatic carbocycles. The fourth-order valence-electron chi connectivity index (χ4n) is 6.81. The maximum absolute atomic E-state index is 14.3. The molecule has 6 atom stereocenters. The van der Waals surface area contributed by atoms with E-state index in [-0.39, 0.29) is 25.0 Å². The molecule has 2 amide bonds. The summed E-state index contributed by atoms with van der Waals surface area (Å²) in [4.78, 5) is 47.2. The lowest BCUT2D eigenvalue weighted by atomic mass is 9.70. The summed E-state index contributed by atoms with van der Waals surface area (Å²) in [6.45, 7) is 13.9. The van der Waals surface area contributed by atoms with E-state index < -0.39 is 41.6 Å². The summed E-state index contributed by atoms with van der Waals surface area (Å²) in [6.07, 6.45) is 7.09. The predicted molar refractivity (Wildman–Crippen MR) is 145 cm³/mol. The highest BCUT2D eigenvalue weighted by molar-refractivity contribution is 5.98. The molecule has 4 aliphatic rings. The van der Waals surface area contributed by atoms with Gasteiger partial charge in [-0.2, -0.15) is 0 Å². The minimum Gasteiger partial charge on any atom is -0.465 e. The Hall–Kier alpha value is -2.27. The van der Waals surface area contributed by atoms with Gasteiger partial charge in [0.15, 0.2) is 0 Å². The number of amides is 2. The highest BCUT2D eigenvalue weighted by Crippen LogP contribution is 2.59. The molecule has 4 heterocycles. The molecule has 10 heteroatoms. The molecule has 39 heavy (non-hydrogen) atoms. The quantitative estimate of drug-likeness (QED) is 0.186. The van der Waals surface area contributed by atoms with Gasteiger partial charge < -0.3 is 29.1 Å². The van der Waals surface area contributed by atoms with E-state index >= 15 is 0 Å². The Morgan fingerprint density at radius 3 is 2.69 bits per heavy atom. The number of likely N-dealkylation sites (tertiary alicyclic amines) is 1. The Kier molecular flexibility index (Phi) is 10.2. The summed E-state index contributed by atoms with van der Waals surface area (Å²) in [5.41, 5.74) is -1.10. The van der Waals surface area contributed by atoms with Crippen LogP contribution in [0.3, 0.4) is 0 Å². The second-order valence-corrected chi connectivity index (χ2v) is 11.0. The Morgan fingerprint density at radius 2 is 2.03 bits per heavy atom. The molecule has 0 radical (unpaired) electrons. The zero-order valence-electron chi connectivity index (χ0n) is 23.3. The van der Waals surface area contributed by atoms with Crippen LogP contribution in [0, 0.1) is 11.8 Å². The van der Waals surface area contributed by atoms with Gasteiger partial charge in [0.2, 0.25) is 11.8 Å². The lowest BCUT2D eigenvalue weighted by molar-refractivity contribution is -0.156. The number of nitrogens with zero attached hydrogens (tertiary/aromatic N) is 3. The van der Waals surface area contributed by atoms with Crippen LogP contribution in [0.5, 0.6) is 0 Å². The van der Waals surface area contributed by atoms with Crippen molar-refractivity contribution in [3.05, 3.63) is 25.3 Å². The van der Waals surface area contributed by atoms with E-state index in [1.807, 2.05) is 13.0 Å². The van der Waals surface area contributed by atoms with Gasteiger partial charge >= 0.3 is 5.97 Å². The second kappa shape index (κ2) is 13.4. The van der Waals surface area contributed by atoms with Gasteiger partial charge in [-0.25, -0.2) is 0 Å². The molecule has 1 N–H and O–H groups in total. The van der Waals surface area contributed by atoms with Gasteiger partial charge in [-0.1, -0.05) is 19.1 Å². The second-order valence-electron chi connectivity index (χ2n) is 11.0. The van der Waals surface area contributed by atoms with Crippen molar-refractivity contribution in [2.24, 2.45) is 11.8 Å². The van der Waals surface area contributed by atoms with E-state index in [0.29, 0.717) is 52.1 Å². The van der Waals surface area contributed by atoms with Crippen LogP contribution in [0.15, 0.2) is 25.3 Å². The molecule has 0 aromatic heterocycles. The predicted octanol–water partition coefficient (Wildman–Crippen LogP) is 1.38. The summed E-state index contributed by atoms with van der Waals surface area (Å²) in [5.74, 6) is -2.49. The molecule has 2 bridgehead atoms. The van der Waals surface area contributed by atoms with E-state index in [1.165, 1.54) is 4.90 Å². The maximum Gasteiger partial charge on any atom is 0.312 e. The first-order valence-electron chi connectivity index (χ1n) is 14.5. The fourth-order valence-corrected chi connectivity index (χ4v) is 6.81. The van der Waals surface area contributed by atoms with Crippen LogP contribution >= 0.6 is 0 Å². The van der Waals surface area contributed by atoms with E-state index in [2.05, 4.69) is 18.1 Å². The lowest BCUT2D eigenvalue weighted by Crippen LogP contribution is -2.59. The van der Waals surface area contributed by atoms with E-state index in [1.54, 1.807) is 11.0 Å². The van der Waals surface area contributed by atoms with Gasteiger partial charge in [-0.3, -0.25) is 19.3 Å². The van der Waals surface area contributed by atoms with Crippen LogP contribution in [0.25, 0.3) is 0 Å². The van der Waals surface area contributed by atoms with Crippen molar-refractivity contribution in [1.29, 1.82) is 0 Å². The molecule has 0 saturated carbocycles. The molecule has 0 aliphatic carbocycles. The third-order valence-electron chi connectivity index (χ3n) is 8.82. The van der Waals surface area contributed by atoms with Crippen molar-refractivity contribution in [3.63, 3.8) is 0 Å². The number of rotatable bonds is 15. The number of unbranched alkanes of at least 4 members (excludes halogenated alkanes) is 2. The average Bonchev–Trinajstić information content (AvgIpc) is 3.59. The van der Waals surface area contributed by atoms with Gasteiger partial charge in [0.1, 0.15) is 11.6 Å². The van der Waals surface area contributed by atoms with E-state index in [0.717, 1.165) is 32.4 Å². The molecule has 0 aromatic rings. The topological polar surface area (TPSA) is 109 Å².